The van der Waals surface area contributed by atoms with E-state index in [0.29, 0.717) is 12.2 Å². The first kappa shape index (κ1) is 22.7. The lowest BCUT2D eigenvalue weighted by atomic mass is 10.1. The minimum atomic E-state index is -1.02. The van der Waals surface area contributed by atoms with Gasteiger partial charge in [0.1, 0.15) is 5.75 Å². The molecule has 0 bridgehead atoms. The highest BCUT2D eigenvalue weighted by Crippen LogP contribution is 2.11. The molecule has 150 valence electrons. The van der Waals surface area contributed by atoms with Crippen LogP contribution < -0.4 is 10.2 Å². The zero-order chi connectivity index (χ0) is 19.7. The summed E-state index contributed by atoms with van der Waals surface area (Å²) < 4.78 is 5.05. The zero-order valence-corrected chi connectivity index (χ0v) is 16.3. The molecule has 1 amide bonds. The fourth-order valence-corrected chi connectivity index (χ4v) is 2.63. The number of carboxylic acids is 1. The highest BCUT2D eigenvalue weighted by Gasteiger charge is 2.00. The maximum absolute atomic E-state index is 11.7. The molecule has 1 rings (SSSR count). The van der Waals surface area contributed by atoms with E-state index in [9.17, 15) is 9.59 Å². The number of aliphatic carboxylic acids is 1. The first-order valence-corrected chi connectivity index (χ1v) is 9.88. The second-order valence-electron chi connectivity index (χ2n) is 6.62. The van der Waals surface area contributed by atoms with Gasteiger partial charge in [0.25, 0.3) is 0 Å². The molecule has 0 atom stereocenters. The summed E-state index contributed by atoms with van der Waals surface area (Å²) in [7, 11) is 0. The number of carbonyl (C=O) groups excluding carboxylic acids is 1. The minimum Gasteiger partial charge on any atom is -0.482 e. The molecule has 6 heteroatoms. The molecule has 0 fully saturated rings. The van der Waals surface area contributed by atoms with Gasteiger partial charge in [0.2, 0.25) is 5.91 Å². The largest absolute Gasteiger partial charge is 0.482 e. The predicted molar refractivity (Wildman–Crippen MR) is 107 cm³/mol. The van der Waals surface area contributed by atoms with Crippen molar-refractivity contribution in [3.63, 3.8) is 0 Å². The van der Waals surface area contributed by atoms with Crippen molar-refractivity contribution in [2.24, 2.45) is 5.10 Å². The molecule has 0 spiro atoms. The zero-order valence-electron chi connectivity index (χ0n) is 16.3. The number of benzene rings is 1. The van der Waals surface area contributed by atoms with Crippen molar-refractivity contribution in [1.82, 2.24) is 5.43 Å². The third kappa shape index (κ3) is 12.6. The molecule has 1 aromatic carbocycles. The summed E-state index contributed by atoms with van der Waals surface area (Å²) in [6.07, 6.45) is 13.1. The highest BCUT2D eigenvalue weighted by atomic mass is 16.5. The number of carbonyl (C=O) groups is 2. The lowest BCUT2D eigenvalue weighted by molar-refractivity contribution is -0.139. The minimum absolute atomic E-state index is 0.0735. The van der Waals surface area contributed by atoms with Gasteiger partial charge in [0, 0.05) is 6.42 Å². The van der Waals surface area contributed by atoms with Crippen LogP contribution in [0.2, 0.25) is 0 Å². The summed E-state index contributed by atoms with van der Waals surface area (Å²) in [5, 5.41) is 12.5. The topological polar surface area (TPSA) is 88.0 Å². The first-order valence-electron chi connectivity index (χ1n) is 9.88. The van der Waals surface area contributed by atoms with Crippen molar-refractivity contribution >= 4 is 18.1 Å². The Morgan fingerprint density at radius 3 is 2.19 bits per heavy atom. The fraction of sp³-hybridized carbons (Fsp3) is 0.571. The van der Waals surface area contributed by atoms with Crippen molar-refractivity contribution in [1.29, 1.82) is 0 Å². The third-order valence-electron chi connectivity index (χ3n) is 4.15. The van der Waals surface area contributed by atoms with Gasteiger partial charge in [0.15, 0.2) is 6.61 Å². The molecule has 0 heterocycles. The number of nitrogens with one attached hydrogen (secondary N) is 1. The summed E-state index contributed by atoms with van der Waals surface area (Å²) in [5.74, 6) is -0.616. The normalized spacial score (nSPS) is 10.9. The van der Waals surface area contributed by atoms with Gasteiger partial charge in [-0.1, -0.05) is 58.3 Å². The molecule has 0 aliphatic carbocycles. The number of hydrazone groups is 1. The van der Waals surface area contributed by atoms with E-state index in [1.54, 1.807) is 30.5 Å². The summed E-state index contributed by atoms with van der Waals surface area (Å²) in [6, 6.07) is 6.81. The molecule has 0 unspecified atom stereocenters. The van der Waals surface area contributed by atoms with E-state index in [0.717, 1.165) is 18.4 Å². The van der Waals surface area contributed by atoms with Crippen LogP contribution in [0.4, 0.5) is 0 Å². The van der Waals surface area contributed by atoms with Gasteiger partial charge in [-0.15, -0.1) is 0 Å². The quantitative estimate of drug-likeness (QED) is 0.268. The molecular weight excluding hydrogens is 344 g/mol. The van der Waals surface area contributed by atoms with E-state index >= 15 is 0 Å². The van der Waals surface area contributed by atoms with E-state index in [1.807, 2.05) is 0 Å². The fourth-order valence-electron chi connectivity index (χ4n) is 2.63. The Labute approximate surface area is 162 Å². The Bertz CT molecular complexity index is 570. The molecular formula is C21H32N2O4. The molecule has 0 radical (unpaired) electrons. The number of hydrogen-bond donors (Lipinski definition) is 2. The molecule has 0 saturated carbocycles. The van der Waals surface area contributed by atoms with Crippen molar-refractivity contribution in [3.05, 3.63) is 29.8 Å². The average Bonchev–Trinajstić information content (AvgIpc) is 2.66. The van der Waals surface area contributed by atoms with Crippen LogP contribution in [0.5, 0.6) is 5.75 Å². The number of carboxylic acid groups (broad SMARTS) is 1. The van der Waals surface area contributed by atoms with Crippen molar-refractivity contribution < 1.29 is 19.4 Å². The Morgan fingerprint density at radius 1 is 1.00 bits per heavy atom. The number of rotatable bonds is 15. The standard InChI is InChI=1S/C21H32N2O4/c1-2-3-4-5-6-7-8-9-10-11-20(24)23-22-16-18-12-14-19(15-13-18)27-17-21(25)26/h12-16H,2-11,17H2,1H3,(H,23,24)(H,25,26). The Kier molecular flexibility index (Phi) is 12.4. The third-order valence-corrected chi connectivity index (χ3v) is 4.15. The van der Waals surface area contributed by atoms with Gasteiger partial charge in [-0.2, -0.15) is 5.10 Å². The molecule has 1 aromatic rings. The van der Waals surface area contributed by atoms with E-state index < -0.39 is 5.97 Å². The van der Waals surface area contributed by atoms with E-state index in [-0.39, 0.29) is 12.5 Å². The second-order valence-corrected chi connectivity index (χ2v) is 6.62. The lowest BCUT2D eigenvalue weighted by Crippen LogP contribution is -2.16. The van der Waals surface area contributed by atoms with Crippen LogP contribution >= 0.6 is 0 Å². The van der Waals surface area contributed by atoms with Crippen LogP contribution in [0.15, 0.2) is 29.4 Å². The van der Waals surface area contributed by atoms with Gasteiger partial charge < -0.3 is 9.84 Å². The van der Waals surface area contributed by atoms with E-state index in [2.05, 4.69) is 17.5 Å². The molecule has 6 nitrogen and oxygen atoms in total. The summed E-state index contributed by atoms with van der Waals surface area (Å²) >= 11 is 0. The van der Waals surface area contributed by atoms with Crippen LogP contribution in [0.3, 0.4) is 0 Å². The summed E-state index contributed by atoms with van der Waals surface area (Å²) in [6.45, 7) is 1.85. The molecule has 0 aliphatic heterocycles. The van der Waals surface area contributed by atoms with Crippen molar-refractivity contribution in [2.45, 2.75) is 71.1 Å². The highest BCUT2D eigenvalue weighted by molar-refractivity contribution is 5.82. The van der Waals surface area contributed by atoms with E-state index in [1.165, 1.54) is 44.9 Å². The van der Waals surface area contributed by atoms with Crippen LogP contribution in [0.25, 0.3) is 0 Å². The second kappa shape index (κ2) is 14.8. The van der Waals surface area contributed by atoms with Crippen molar-refractivity contribution in [3.8, 4) is 5.75 Å². The Morgan fingerprint density at radius 2 is 1.59 bits per heavy atom. The molecule has 0 aliphatic rings. The molecule has 2 N–H and O–H groups in total. The molecule has 27 heavy (non-hydrogen) atoms. The van der Waals surface area contributed by atoms with Gasteiger partial charge in [-0.05, 0) is 36.2 Å². The van der Waals surface area contributed by atoms with Gasteiger partial charge in [0.05, 0.1) is 6.21 Å². The van der Waals surface area contributed by atoms with Crippen molar-refractivity contribution in [2.75, 3.05) is 6.61 Å². The summed E-state index contributed by atoms with van der Waals surface area (Å²) in [4.78, 5) is 22.2. The van der Waals surface area contributed by atoms with Gasteiger partial charge >= 0.3 is 5.97 Å². The lowest BCUT2D eigenvalue weighted by Gasteiger charge is -2.03. The number of nitrogens with zero attached hydrogens (tertiary/aromatic N) is 1. The maximum Gasteiger partial charge on any atom is 0.341 e. The average molecular weight is 376 g/mol. The van der Waals surface area contributed by atoms with E-state index in [4.69, 9.17) is 9.84 Å². The maximum atomic E-state index is 11.7. The number of unbranched alkanes of at least 4 members (excludes halogenated alkanes) is 8. The molecule has 0 aromatic heterocycles. The summed E-state index contributed by atoms with van der Waals surface area (Å²) in [5.41, 5.74) is 3.33. The predicted octanol–water partition coefficient (Wildman–Crippen LogP) is 4.52. The van der Waals surface area contributed by atoms with Crippen LogP contribution in [0.1, 0.15) is 76.7 Å². The Balaban J connectivity index is 2.09. The smallest absolute Gasteiger partial charge is 0.341 e. The SMILES string of the molecule is CCCCCCCCCCCC(=O)NN=Cc1ccc(OCC(=O)O)cc1. The van der Waals surface area contributed by atoms with Gasteiger partial charge in [-0.25, -0.2) is 10.2 Å². The van der Waals surface area contributed by atoms with Gasteiger partial charge in [-0.3, -0.25) is 4.79 Å². The number of ether oxygens (including phenoxy) is 1. The monoisotopic (exact) mass is 376 g/mol. The Hall–Kier alpha value is -2.37. The van der Waals surface area contributed by atoms with Crippen LogP contribution in [0, 0.1) is 0 Å². The number of hydrogen-bond acceptors (Lipinski definition) is 4. The first-order chi connectivity index (χ1) is 13.1. The van der Waals surface area contributed by atoms with Crippen LogP contribution in [-0.4, -0.2) is 29.8 Å². The van der Waals surface area contributed by atoms with Crippen LogP contribution in [-0.2, 0) is 9.59 Å². The molecule has 0 saturated heterocycles. The number of amides is 1.